The van der Waals surface area contributed by atoms with Gasteiger partial charge in [0.05, 0.1) is 21.8 Å². The summed E-state index contributed by atoms with van der Waals surface area (Å²) in [5.41, 5.74) is 3.47. The van der Waals surface area contributed by atoms with Crippen molar-refractivity contribution in [2.45, 2.75) is 26.2 Å². The van der Waals surface area contributed by atoms with Crippen LogP contribution in [0.2, 0.25) is 5.02 Å². The highest BCUT2D eigenvalue weighted by Gasteiger charge is 2.07. The van der Waals surface area contributed by atoms with Gasteiger partial charge in [-0.15, -0.1) is 5.10 Å². The summed E-state index contributed by atoms with van der Waals surface area (Å²) in [5.74, 6) is -0.596. The summed E-state index contributed by atoms with van der Waals surface area (Å²) in [7, 11) is 0. The lowest BCUT2D eigenvalue weighted by atomic mass is 10.2. The molecule has 2 N–H and O–H groups in total. The molecule has 0 radical (unpaired) electrons. The first-order valence-electron chi connectivity index (χ1n) is 6.32. The number of hydrazone groups is 1. The van der Waals surface area contributed by atoms with E-state index in [1.165, 1.54) is 0 Å². The minimum atomic E-state index is -0.865. The molecular weight excluding hydrogens is 364 g/mol. The average Bonchev–Trinajstić information content (AvgIpc) is 2.45. The maximum absolute atomic E-state index is 10.5. The van der Waals surface area contributed by atoms with Crippen molar-refractivity contribution in [3.63, 3.8) is 0 Å². The maximum atomic E-state index is 10.5. The van der Waals surface area contributed by atoms with Crippen molar-refractivity contribution in [2.24, 2.45) is 5.10 Å². The second-order valence-corrected chi connectivity index (χ2v) is 5.16. The zero-order valence-corrected chi connectivity index (χ0v) is 13.8. The van der Waals surface area contributed by atoms with Crippen LogP contribution in [0.1, 0.15) is 26.2 Å². The largest absolute Gasteiger partial charge is 0.481 e. The zero-order valence-electron chi connectivity index (χ0n) is 11.4. The Labute approximate surface area is 136 Å². The number of rotatable bonds is 8. The predicted molar refractivity (Wildman–Crippen MR) is 84.4 cm³/mol. The molecule has 0 bridgehead atoms. The molecule has 0 aromatic heterocycles. The third-order valence-electron chi connectivity index (χ3n) is 2.31. The lowest BCUT2D eigenvalue weighted by molar-refractivity contribution is -0.219. The molecule has 0 aliphatic heterocycles. The molecular formula is C13H16BrClN2O4. The van der Waals surface area contributed by atoms with Crippen molar-refractivity contribution in [1.82, 2.24) is 0 Å². The first-order chi connectivity index (χ1) is 10.0. The fraction of sp³-hybridized carbons (Fsp3) is 0.385. The Balaban J connectivity index is 2.67. The van der Waals surface area contributed by atoms with Gasteiger partial charge in [0.1, 0.15) is 0 Å². The van der Waals surface area contributed by atoms with Gasteiger partial charge in [0.2, 0.25) is 5.90 Å². The summed E-state index contributed by atoms with van der Waals surface area (Å²) >= 11 is 9.32. The van der Waals surface area contributed by atoms with Crippen molar-refractivity contribution in [1.29, 1.82) is 0 Å². The van der Waals surface area contributed by atoms with E-state index in [9.17, 15) is 4.79 Å². The molecule has 0 saturated carbocycles. The van der Waals surface area contributed by atoms with Crippen molar-refractivity contribution in [2.75, 3.05) is 12.0 Å². The monoisotopic (exact) mass is 378 g/mol. The fourth-order valence-corrected chi connectivity index (χ4v) is 1.87. The number of hydrogen-bond donors (Lipinski definition) is 2. The van der Waals surface area contributed by atoms with Crippen molar-refractivity contribution in [3.8, 4) is 0 Å². The summed E-state index contributed by atoms with van der Waals surface area (Å²) in [4.78, 5) is 20.4. The zero-order chi connectivity index (χ0) is 15.7. The Kier molecular flexibility index (Phi) is 8.11. The second-order valence-electron chi connectivity index (χ2n) is 3.96. The molecule has 0 amide bonds. The third-order valence-corrected chi connectivity index (χ3v) is 3.70. The Hall–Kier alpha value is -1.31. The van der Waals surface area contributed by atoms with E-state index in [0.29, 0.717) is 34.6 Å². The Morgan fingerprint density at radius 3 is 2.90 bits per heavy atom. The fourth-order valence-electron chi connectivity index (χ4n) is 1.35. The molecule has 0 fully saturated rings. The first-order valence-corrected chi connectivity index (χ1v) is 7.49. The van der Waals surface area contributed by atoms with Gasteiger partial charge in [0.15, 0.2) is 0 Å². The maximum Gasteiger partial charge on any atom is 0.303 e. The second kappa shape index (κ2) is 9.59. The van der Waals surface area contributed by atoms with E-state index >= 15 is 0 Å². The number of nitrogens with zero attached hydrogens (tertiary/aromatic N) is 1. The molecule has 0 heterocycles. The highest BCUT2D eigenvalue weighted by molar-refractivity contribution is 9.10. The van der Waals surface area contributed by atoms with Crippen LogP contribution in [0.25, 0.3) is 0 Å². The van der Waals surface area contributed by atoms with Crippen molar-refractivity contribution in [3.05, 3.63) is 27.7 Å². The van der Waals surface area contributed by atoms with Gasteiger partial charge in [-0.3, -0.25) is 10.2 Å². The van der Waals surface area contributed by atoms with E-state index in [2.05, 4.69) is 26.5 Å². The lowest BCUT2D eigenvalue weighted by Crippen LogP contribution is -2.10. The average molecular weight is 380 g/mol. The van der Waals surface area contributed by atoms with Gasteiger partial charge in [0, 0.05) is 12.8 Å². The molecule has 0 atom stereocenters. The van der Waals surface area contributed by atoms with Gasteiger partial charge >= 0.3 is 5.97 Å². The number of carbonyl (C=O) groups is 1. The number of hydrogen-bond acceptors (Lipinski definition) is 5. The Bertz CT molecular complexity index is 511. The number of halogens is 2. The minimum absolute atomic E-state index is 0.0371. The molecule has 1 aromatic rings. The van der Waals surface area contributed by atoms with Crippen LogP contribution in [0.5, 0.6) is 0 Å². The molecule has 6 nitrogen and oxygen atoms in total. The predicted octanol–water partition coefficient (Wildman–Crippen LogP) is 4.05. The van der Waals surface area contributed by atoms with Gasteiger partial charge in [-0.2, -0.15) is 4.89 Å². The van der Waals surface area contributed by atoms with E-state index in [4.69, 9.17) is 26.5 Å². The number of nitrogens with one attached hydrogen (secondary N) is 1. The minimum Gasteiger partial charge on any atom is -0.481 e. The number of carboxylic acids is 1. The molecule has 1 aromatic carbocycles. The van der Waals surface area contributed by atoms with Crippen LogP contribution in [0.15, 0.2) is 27.8 Å². The van der Waals surface area contributed by atoms with Gasteiger partial charge in [-0.05, 0) is 41.4 Å². The number of anilines is 1. The summed E-state index contributed by atoms with van der Waals surface area (Å²) in [6.45, 7) is 2.13. The van der Waals surface area contributed by atoms with Gasteiger partial charge in [-0.25, -0.2) is 0 Å². The first kappa shape index (κ1) is 17.7. The van der Waals surface area contributed by atoms with Gasteiger partial charge in [-0.1, -0.05) is 17.7 Å². The van der Waals surface area contributed by atoms with Crippen LogP contribution < -0.4 is 5.43 Å². The molecule has 1 rings (SSSR count). The molecule has 0 saturated heterocycles. The third kappa shape index (κ3) is 6.79. The van der Waals surface area contributed by atoms with Crippen molar-refractivity contribution >= 4 is 45.1 Å². The Morgan fingerprint density at radius 2 is 2.24 bits per heavy atom. The van der Waals surface area contributed by atoms with Gasteiger partial charge in [0.25, 0.3) is 0 Å². The standard InChI is InChI=1S/C13H16BrClN2O4/c1-2-20-21-11(7-4-8-12(18)19)17-16-10-6-3-5-9(15)13(10)14/h3,5-6,16H,2,4,7-8H2,1H3,(H,18,19). The SMILES string of the molecule is CCOOC(CCCC(=O)O)=NNc1cccc(Cl)c1Br. The van der Waals surface area contributed by atoms with Crippen LogP contribution in [0.3, 0.4) is 0 Å². The highest BCUT2D eigenvalue weighted by Crippen LogP contribution is 2.30. The molecule has 0 unspecified atom stereocenters. The smallest absolute Gasteiger partial charge is 0.303 e. The normalized spacial score (nSPS) is 11.3. The summed E-state index contributed by atoms with van der Waals surface area (Å²) < 4.78 is 0.678. The summed E-state index contributed by atoms with van der Waals surface area (Å²) in [6, 6.07) is 5.30. The molecule has 116 valence electrons. The number of carboxylic acid groups (broad SMARTS) is 1. The number of benzene rings is 1. The lowest BCUT2D eigenvalue weighted by Gasteiger charge is -2.08. The van der Waals surface area contributed by atoms with E-state index < -0.39 is 5.97 Å². The van der Waals surface area contributed by atoms with Crippen molar-refractivity contribution < 1.29 is 19.7 Å². The summed E-state index contributed by atoms with van der Waals surface area (Å²) in [5, 5.41) is 13.2. The van der Waals surface area contributed by atoms with Crippen LogP contribution in [-0.4, -0.2) is 23.6 Å². The van der Waals surface area contributed by atoms with E-state index in [-0.39, 0.29) is 12.3 Å². The number of aliphatic carboxylic acids is 1. The van der Waals surface area contributed by atoms with Crippen LogP contribution in [-0.2, 0) is 14.6 Å². The highest BCUT2D eigenvalue weighted by atomic mass is 79.9. The molecule has 0 aliphatic carbocycles. The van der Waals surface area contributed by atoms with Crippen LogP contribution in [0.4, 0.5) is 5.69 Å². The van der Waals surface area contributed by atoms with E-state index in [1.807, 2.05) is 0 Å². The molecule has 8 heteroatoms. The topological polar surface area (TPSA) is 80.2 Å². The van der Waals surface area contributed by atoms with Gasteiger partial charge < -0.3 is 9.99 Å². The summed E-state index contributed by atoms with van der Waals surface area (Å²) in [6.07, 6.45) is 0.784. The molecule has 0 aliphatic rings. The quantitative estimate of drug-likeness (QED) is 0.308. The van der Waals surface area contributed by atoms with E-state index in [0.717, 1.165) is 0 Å². The van der Waals surface area contributed by atoms with Crippen LogP contribution >= 0.6 is 27.5 Å². The van der Waals surface area contributed by atoms with Crippen LogP contribution in [0, 0.1) is 0 Å². The Morgan fingerprint density at radius 1 is 1.48 bits per heavy atom. The van der Waals surface area contributed by atoms with E-state index in [1.54, 1.807) is 25.1 Å². The molecule has 0 spiro atoms. The molecule has 21 heavy (non-hydrogen) atoms.